The molecule has 2 aromatic carbocycles. The summed E-state index contributed by atoms with van der Waals surface area (Å²) in [5, 5.41) is 0. The summed E-state index contributed by atoms with van der Waals surface area (Å²) in [5.74, 6) is 3.30. The van der Waals surface area contributed by atoms with Crippen LogP contribution in [0.5, 0.6) is 11.5 Å². The zero-order valence-corrected chi connectivity index (χ0v) is 15.0. The third kappa shape index (κ3) is 2.44. The summed E-state index contributed by atoms with van der Waals surface area (Å²) in [4.78, 5) is 2.58. The van der Waals surface area contributed by atoms with Crippen LogP contribution in [0.25, 0.3) is 0 Å². The minimum Gasteiger partial charge on any atom is -0.454 e. The number of nitrogens with zero attached hydrogens (tertiary/aromatic N) is 1. The molecule has 1 aliphatic carbocycles. The van der Waals surface area contributed by atoms with Crippen molar-refractivity contribution in [2.75, 3.05) is 20.4 Å². The normalized spacial score (nSPS) is 27.2. The first-order valence-electron chi connectivity index (χ1n) is 9.38. The van der Waals surface area contributed by atoms with Gasteiger partial charge in [-0.25, -0.2) is 0 Å². The first-order chi connectivity index (χ1) is 12.2. The molecule has 0 aromatic heterocycles. The summed E-state index contributed by atoms with van der Waals surface area (Å²) in [6.07, 6.45) is 3.51. The van der Waals surface area contributed by atoms with E-state index in [9.17, 15) is 0 Å². The van der Waals surface area contributed by atoms with Crippen molar-refractivity contribution in [3.8, 4) is 11.5 Å². The molecule has 3 unspecified atom stereocenters. The van der Waals surface area contributed by atoms with Gasteiger partial charge in [-0.05, 0) is 56.3 Å². The summed E-state index contributed by atoms with van der Waals surface area (Å²) in [6, 6.07) is 14.0. The fourth-order valence-electron chi connectivity index (χ4n) is 5.25. The molecule has 3 aliphatic rings. The van der Waals surface area contributed by atoms with Crippen LogP contribution in [-0.4, -0.2) is 31.3 Å². The Morgan fingerprint density at radius 3 is 2.96 bits per heavy atom. The van der Waals surface area contributed by atoms with Crippen molar-refractivity contribution in [3.63, 3.8) is 0 Å². The van der Waals surface area contributed by atoms with Gasteiger partial charge in [-0.2, -0.15) is 0 Å². The molecular formula is C22H25NO2. The number of fused-ring (bicyclic) bond motifs is 5. The lowest BCUT2D eigenvalue weighted by Gasteiger charge is -2.32. The van der Waals surface area contributed by atoms with Crippen molar-refractivity contribution in [1.82, 2.24) is 4.90 Å². The van der Waals surface area contributed by atoms with Crippen LogP contribution in [-0.2, 0) is 12.8 Å². The van der Waals surface area contributed by atoms with Gasteiger partial charge in [0.15, 0.2) is 11.5 Å². The van der Waals surface area contributed by atoms with Crippen LogP contribution < -0.4 is 9.47 Å². The maximum absolute atomic E-state index is 5.77. The van der Waals surface area contributed by atoms with Crippen molar-refractivity contribution in [1.29, 1.82) is 0 Å². The van der Waals surface area contributed by atoms with E-state index >= 15 is 0 Å². The summed E-state index contributed by atoms with van der Waals surface area (Å²) in [5.41, 5.74) is 5.73. The van der Waals surface area contributed by atoms with Crippen LogP contribution in [0.2, 0.25) is 0 Å². The molecule has 0 saturated carbocycles. The Bertz CT molecular complexity index is 816. The Morgan fingerprint density at radius 2 is 2.08 bits per heavy atom. The molecule has 2 aliphatic heterocycles. The molecule has 0 N–H and O–H groups in total. The van der Waals surface area contributed by atoms with Gasteiger partial charge in [0.2, 0.25) is 6.79 Å². The summed E-state index contributed by atoms with van der Waals surface area (Å²) < 4.78 is 11.3. The van der Waals surface area contributed by atoms with Crippen LogP contribution in [0.4, 0.5) is 0 Å². The SMILES string of the molecule is Cc1cccc(CC2C3CCc4c(ccc5c4OCO5)C3CN2C)c1. The average molecular weight is 335 g/mol. The van der Waals surface area contributed by atoms with Gasteiger partial charge in [0.05, 0.1) is 0 Å². The second kappa shape index (κ2) is 5.77. The summed E-state index contributed by atoms with van der Waals surface area (Å²) >= 11 is 0. The van der Waals surface area contributed by atoms with Crippen LogP contribution in [0, 0.1) is 12.8 Å². The second-order valence-electron chi connectivity index (χ2n) is 7.88. The van der Waals surface area contributed by atoms with E-state index in [1.807, 2.05) is 0 Å². The van der Waals surface area contributed by atoms with Gasteiger partial charge in [0, 0.05) is 24.1 Å². The van der Waals surface area contributed by atoms with E-state index in [0.717, 1.165) is 36.8 Å². The van der Waals surface area contributed by atoms with E-state index in [0.29, 0.717) is 18.8 Å². The van der Waals surface area contributed by atoms with Crippen molar-refractivity contribution in [2.24, 2.45) is 5.92 Å². The van der Waals surface area contributed by atoms with Gasteiger partial charge in [-0.15, -0.1) is 0 Å². The molecule has 5 rings (SSSR count). The quantitative estimate of drug-likeness (QED) is 0.830. The molecule has 0 radical (unpaired) electrons. The van der Waals surface area contributed by atoms with Gasteiger partial charge in [0.1, 0.15) is 0 Å². The lowest BCUT2D eigenvalue weighted by atomic mass is 9.73. The number of ether oxygens (including phenoxy) is 2. The molecule has 0 bridgehead atoms. The highest BCUT2D eigenvalue weighted by molar-refractivity contribution is 5.54. The molecule has 2 heterocycles. The largest absolute Gasteiger partial charge is 0.454 e. The highest BCUT2D eigenvalue weighted by Crippen LogP contribution is 2.50. The van der Waals surface area contributed by atoms with E-state index in [1.54, 1.807) is 0 Å². The molecule has 1 saturated heterocycles. The van der Waals surface area contributed by atoms with Gasteiger partial charge in [0.25, 0.3) is 0 Å². The number of rotatable bonds is 2. The Hall–Kier alpha value is -2.00. The molecule has 0 amide bonds. The number of hydrogen-bond donors (Lipinski definition) is 0. The Balaban J connectivity index is 1.45. The van der Waals surface area contributed by atoms with E-state index in [-0.39, 0.29) is 0 Å². The zero-order valence-electron chi connectivity index (χ0n) is 15.0. The molecule has 3 heteroatoms. The third-order valence-corrected chi connectivity index (χ3v) is 6.39. The highest BCUT2D eigenvalue weighted by Gasteiger charge is 2.44. The van der Waals surface area contributed by atoms with Gasteiger partial charge in [-0.3, -0.25) is 0 Å². The molecule has 2 aromatic rings. The molecule has 1 fully saturated rings. The van der Waals surface area contributed by atoms with Crippen molar-refractivity contribution < 1.29 is 9.47 Å². The zero-order chi connectivity index (χ0) is 17.0. The summed E-state index contributed by atoms with van der Waals surface area (Å²) in [7, 11) is 2.30. The second-order valence-corrected chi connectivity index (χ2v) is 7.88. The van der Waals surface area contributed by atoms with E-state index in [1.165, 1.54) is 28.7 Å². The van der Waals surface area contributed by atoms with Crippen LogP contribution >= 0.6 is 0 Å². The topological polar surface area (TPSA) is 21.7 Å². The van der Waals surface area contributed by atoms with Crippen LogP contribution in [0.1, 0.15) is 34.6 Å². The summed E-state index contributed by atoms with van der Waals surface area (Å²) in [6.45, 7) is 3.70. The van der Waals surface area contributed by atoms with Crippen molar-refractivity contribution in [3.05, 3.63) is 58.7 Å². The number of hydrogen-bond acceptors (Lipinski definition) is 3. The standard InChI is InChI=1S/C22H25NO2/c1-14-4-3-5-15(10-14)11-20-17-6-7-18-16(19(17)12-23(20)2)8-9-21-22(18)25-13-24-21/h3-5,8-10,17,19-20H,6-7,11-13H2,1-2H3. The van der Waals surface area contributed by atoms with Crippen molar-refractivity contribution >= 4 is 0 Å². The number of aryl methyl sites for hydroxylation is 1. The molecule has 0 spiro atoms. The number of benzene rings is 2. The fraction of sp³-hybridized carbons (Fsp3) is 0.455. The van der Waals surface area contributed by atoms with Crippen molar-refractivity contribution in [2.45, 2.75) is 38.1 Å². The first-order valence-corrected chi connectivity index (χ1v) is 9.38. The minimum absolute atomic E-state index is 0.371. The average Bonchev–Trinajstić information content (AvgIpc) is 3.20. The molecule has 25 heavy (non-hydrogen) atoms. The Kier molecular flexibility index (Phi) is 3.53. The fourth-order valence-corrected chi connectivity index (χ4v) is 5.25. The highest BCUT2D eigenvalue weighted by atomic mass is 16.7. The van der Waals surface area contributed by atoms with Gasteiger partial charge < -0.3 is 14.4 Å². The number of likely N-dealkylation sites (tertiary alicyclic amines) is 1. The van der Waals surface area contributed by atoms with Crippen LogP contribution in [0.3, 0.4) is 0 Å². The number of likely N-dealkylation sites (N-methyl/N-ethyl adjacent to an activating group) is 1. The smallest absolute Gasteiger partial charge is 0.231 e. The predicted octanol–water partition coefficient (Wildman–Crippen LogP) is 3.93. The van der Waals surface area contributed by atoms with E-state index < -0.39 is 0 Å². The van der Waals surface area contributed by atoms with Gasteiger partial charge in [-0.1, -0.05) is 35.9 Å². The predicted molar refractivity (Wildman–Crippen MR) is 98.4 cm³/mol. The monoisotopic (exact) mass is 335 g/mol. The maximum atomic E-state index is 5.77. The van der Waals surface area contributed by atoms with Crippen LogP contribution in [0.15, 0.2) is 36.4 Å². The molecule has 130 valence electrons. The van der Waals surface area contributed by atoms with E-state index in [4.69, 9.17) is 9.47 Å². The molecular weight excluding hydrogens is 310 g/mol. The minimum atomic E-state index is 0.371. The molecule has 3 atom stereocenters. The molecule has 3 nitrogen and oxygen atoms in total. The lowest BCUT2D eigenvalue weighted by Crippen LogP contribution is -2.32. The third-order valence-electron chi connectivity index (χ3n) is 6.39. The first kappa shape index (κ1) is 15.3. The Labute approximate surface area is 149 Å². The maximum Gasteiger partial charge on any atom is 0.231 e. The lowest BCUT2D eigenvalue weighted by molar-refractivity contribution is 0.172. The Morgan fingerprint density at radius 1 is 1.16 bits per heavy atom. The van der Waals surface area contributed by atoms with Gasteiger partial charge >= 0.3 is 0 Å². The van der Waals surface area contributed by atoms with E-state index in [2.05, 4.69) is 55.3 Å².